The summed E-state index contributed by atoms with van der Waals surface area (Å²) in [5.74, 6) is -0.259. The van der Waals surface area contributed by atoms with Crippen molar-refractivity contribution in [1.29, 1.82) is 0 Å². The van der Waals surface area contributed by atoms with Gasteiger partial charge in [-0.15, -0.1) is 22.7 Å². The van der Waals surface area contributed by atoms with Crippen molar-refractivity contribution < 1.29 is 4.39 Å². The molecule has 0 aliphatic carbocycles. The molecule has 7 heteroatoms. The fraction of sp³-hybridized carbons (Fsp3) is 0. The highest BCUT2D eigenvalue weighted by Crippen LogP contribution is 2.50. The monoisotopic (exact) mass is 822 g/mol. The Hall–Kier alpha value is -7.45. The number of hydrogen-bond acceptors (Lipinski definition) is 4. The van der Waals surface area contributed by atoms with Gasteiger partial charge in [0.1, 0.15) is 15.8 Å². The molecule has 0 radical (unpaired) electrons. The van der Waals surface area contributed by atoms with Gasteiger partial charge in [0.25, 0.3) is 0 Å². The van der Waals surface area contributed by atoms with Crippen molar-refractivity contribution in [2.75, 3.05) is 9.80 Å². The van der Waals surface area contributed by atoms with Gasteiger partial charge in [-0.3, -0.25) is 0 Å². The van der Waals surface area contributed by atoms with Crippen molar-refractivity contribution in [3.63, 3.8) is 0 Å². The Labute approximate surface area is 359 Å². The molecule has 0 N–H and O–H groups in total. The minimum atomic E-state index is -0.259. The van der Waals surface area contributed by atoms with Gasteiger partial charge in [-0.25, -0.2) is 4.39 Å². The van der Waals surface area contributed by atoms with Crippen LogP contribution in [0.1, 0.15) is 0 Å². The van der Waals surface area contributed by atoms with E-state index in [1.807, 2.05) is 23.5 Å². The maximum Gasteiger partial charge on any atom is 0.123 e. The Bertz CT molecular complexity index is 3500. The summed E-state index contributed by atoms with van der Waals surface area (Å²) in [6, 6.07) is 73.9. The van der Waals surface area contributed by atoms with E-state index in [0.717, 1.165) is 66.1 Å². The second kappa shape index (κ2) is 14.4. The van der Waals surface area contributed by atoms with Crippen LogP contribution in [0.15, 0.2) is 212 Å². The third kappa shape index (κ3) is 5.92. The van der Waals surface area contributed by atoms with Gasteiger partial charge in [0.15, 0.2) is 0 Å². The molecule has 8 aromatic carbocycles. The zero-order valence-corrected chi connectivity index (χ0v) is 34.3. The molecule has 12 rings (SSSR count). The highest BCUT2D eigenvalue weighted by Gasteiger charge is 2.25. The van der Waals surface area contributed by atoms with Crippen molar-refractivity contribution in [2.45, 2.75) is 0 Å². The van der Waals surface area contributed by atoms with Crippen LogP contribution in [0.2, 0.25) is 0 Å². The Morgan fingerprint density at radius 2 is 0.754 bits per heavy atom. The van der Waals surface area contributed by atoms with E-state index in [1.54, 1.807) is 23.5 Å². The topological polar surface area (TPSA) is 16.3 Å². The van der Waals surface area contributed by atoms with Crippen LogP contribution in [0.4, 0.5) is 37.1 Å². The molecular formula is C54H35FN4S2. The zero-order chi connectivity index (χ0) is 40.4. The first kappa shape index (κ1) is 35.5. The number of thiophene rings is 2. The maximum absolute atomic E-state index is 14.4. The minimum absolute atomic E-state index is 0.259. The van der Waals surface area contributed by atoms with Crippen LogP contribution in [0.5, 0.6) is 0 Å². The summed E-state index contributed by atoms with van der Waals surface area (Å²) in [4.78, 5) is 4.61. The average molecular weight is 823 g/mol. The van der Waals surface area contributed by atoms with Crippen LogP contribution in [-0.2, 0) is 0 Å². The Kier molecular flexibility index (Phi) is 8.37. The van der Waals surface area contributed by atoms with Crippen molar-refractivity contribution >= 4 is 108 Å². The molecule has 0 spiro atoms. The molecule has 0 saturated heterocycles. The second-order valence-corrected chi connectivity index (χ2v) is 17.2. The molecule has 4 aromatic heterocycles. The molecule has 0 bridgehead atoms. The smallest absolute Gasteiger partial charge is 0.123 e. The highest BCUT2D eigenvalue weighted by molar-refractivity contribution is 7.24. The van der Waals surface area contributed by atoms with Gasteiger partial charge in [-0.1, -0.05) is 103 Å². The third-order valence-corrected chi connectivity index (χ3v) is 13.8. The zero-order valence-electron chi connectivity index (χ0n) is 32.7. The van der Waals surface area contributed by atoms with Gasteiger partial charge in [-0.05, 0) is 120 Å². The van der Waals surface area contributed by atoms with Crippen LogP contribution < -0.4 is 9.80 Å². The van der Waals surface area contributed by atoms with E-state index in [4.69, 9.17) is 0 Å². The molecule has 12 aromatic rings. The lowest BCUT2D eigenvalue weighted by Gasteiger charge is -2.24. The summed E-state index contributed by atoms with van der Waals surface area (Å²) in [5, 5.41) is 6.90. The number of benzene rings is 8. The van der Waals surface area contributed by atoms with Gasteiger partial charge in [0.2, 0.25) is 0 Å². The molecule has 0 fully saturated rings. The third-order valence-electron chi connectivity index (χ3n) is 11.5. The number of nitrogens with zero attached hydrogens (tertiary/aromatic N) is 4. The van der Waals surface area contributed by atoms with Crippen LogP contribution in [0.3, 0.4) is 0 Å². The van der Waals surface area contributed by atoms with Crippen LogP contribution in [-0.4, -0.2) is 9.13 Å². The molecular weight excluding hydrogens is 788 g/mol. The van der Waals surface area contributed by atoms with Crippen LogP contribution in [0, 0.1) is 5.82 Å². The van der Waals surface area contributed by atoms with Crippen molar-refractivity contribution in [1.82, 2.24) is 9.13 Å². The normalized spacial score (nSPS) is 11.7. The SMILES string of the molecule is Fc1ccc(N(c2ccc3ccccc3c2)c2cc3c(s2)c2cc4c(cc2n3-c2ccccc2)c2sc(N(c3ccccc3)c3ccccc3)cc2n4-c2ccccc2)cc1. The van der Waals surface area contributed by atoms with E-state index in [0.29, 0.717) is 0 Å². The number of rotatable bonds is 8. The average Bonchev–Trinajstić information content (AvgIpc) is 4.07. The summed E-state index contributed by atoms with van der Waals surface area (Å²) in [5.41, 5.74) is 10.9. The molecule has 4 heterocycles. The van der Waals surface area contributed by atoms with E-state index >= 15 is 0 Å². The quantitative estimate of drug-likeness (QED) is 0.152. The number of fused-ring (bicyclic) bond motifs is 7. The lowest BCUT2D eigenvalue weighted by atomic mass is 10.1. The Morgan fingerprint density at radius 1 is 0.344 bits per heavy atom. The number of anilines is 6. The molecule has 0 aliphatic rings. The van der Waals surface area contributed by atoms with Gasteiger partial charge >= 0.3 is 0 Å². The van der Waals surface area contributed by atoms with E-state index in [1.165, 1.54) is 31.1 Å². The number of para-hydroxylation sites is 4. The van der Waals surface area contributed by atoms with E-state index < -0.39 is 0 Å². The van der Waals surface area contributed by atoms with Gasteiger partial charge in [0, 0.05) is 44.9 Å². The molecule has 0 amide bonds. The van der Waals surface area contributed by atoms with E-state index in [9.17, 15) is 4.39 Å². The van der Waals surface area contributed by atoms with Crippen molar-refractivity contribution in [2.24, 2.45) is 0 Å². The number of halogens is 1. The first-order chi connectivity index (χ1) is 30.2. The van der Waals surface area contributed by atoms with E-state index in [2.05, 4.69) is 207 Å². The Morgan fingerprint density at radius 3 is 1.26 bits per heavy atom. The minimum Gasteiger partial charge on any atom is -0.308 e. The Balaban J connectivity index is 1.13. The summed E-state index contributed by atoms with van der Waals surface area (Å²) in [7, 11) is 0. The summed E-state index contributed by atoms with van der Waals surface area (Å²) < 4.78 is 21.7. The number of hydrogen-bond donors (Lipinski definition) is 0. The lowest BCUT2D eigenvalue weighted by molar-refractivity contribution is 0.628. The lowest BCUT2D eigenvalue weighted by Crippen LogP contribution is -2.08. The second-order valence-electron chi connectivity index (χ2n) is 15.2. The molecule has 0 aliphatic heterocycles. The largest absolute Gasteiger partial charge is 0.308 e. The van der Waals surface area contributed by atoms with Crippen LogP contribution in [0.25, 0.3) is 64.4 Å². The standard InChI is InChI=1S/C54H35FN4S2/c55-38-26-29-43(30-27-38)57(44-28-25-36-15-13-14-16-37(36)31-44)52-35-50-54(61-52)46-33-47-45(32-48(46)59(50)42-23-11-4-12-24-42)53-49(58(47)41-21-9-3-10-22-41)34-51(60-53)56(39-17-5-1-6-18-39)40-19-7-2-8-20-40/h1-35H. The van der Waals surface area contributed by atoms with Crippen molar-refractivity contribution in [3.05, 3.63) is 218 Å². The highest BCUT2D eigenvalue weighted by atomic mass is 32.1. The van der Waals surface area contributed by atoms with Gasteiger partial charge in [0.05, 0.1) is 31.5 Å². The van der Waals surface area contributed by atoms with Crippen LogP contribution >= 0.6 is 22.7 Å². The molecule has 4 nitrogen and oxygen atoms in total. The number of aromatic nitrogens is 2. The summed E-state index contributed by atoms with van der Waals surface area (Å²) >= 11 is 3.60. The predicted octanol–water partition coefficient (Wildman–Crippen LogP) is 16.2. The molecule has 0 unspecified atom stereocenters. The molecule has 61 heavy (non-hydrogen) atoms. The molecule has 0 saturated carbocycles. The summed E-state index contributed by atoms with van der Waals surface area (Å²) in [6.45, 7) is 0. The molecule has 290 valence electrons. The maximum atomic E-state index is 14.4. The first-order valence-corrected chi connectivity index (χ1v) is 21.9. The summed E-state index contributed by atoms with van der Waals surface area (Å²) in [6.07, 6.45) is 0. The van der Waals surface area contributed by atoms with E-state index in [-0.39, 0.29) is 5.82 Å². The predicted molar refractivity (Wildman–Crippen MR) is 258 cm³/mol. The van der Waals surface area contributed by atoms with Crippen molar-refractivity contribution in [3.8, 4) is 11.4 Å². The van der Waals surface area contributed by atoms with Gasteiger partial charge < -0.3 is 18.9 Å². The first-order valence-electron chi connectivity index (χ1n) is 20.3. The fourth-order valence-electron chi connectivity index (χ4n) is 8.82. The molecule has 0 atom stereocenters. The fourth-order valence-corrected chi connectivity index (χ4v) is 11.2. The van der Waals surface area contributed by atoms with Gasteiger partial charge in [-0.2, -0.15) is 0 Å².